The van der Waals surface area contributed by atoms with Crippen LogP contribution in [0.2, 0.25) is 0 Å². The number of rotatable bonds is 4. The van der Waals surface area contributed by atoms with E-state index >= 15 is 0 Å². The van der Waals surface area contributed by atoms with E-state index < -0.39 is 11.8 Å². The number of aromatic nitrogens is 2. The van der Waals surface area contributed by atoms with E-state index in [2.05, 4.69) is 15.7 Å². The van der Waals surface area contributed by atoms with Gasteiger partial charge in [-0.3, -0.25) is 14.3 Å². The van der Waals surface area contributed by atoms with Crippen LogP contribution < -0.4 is 10.6 Å². The summed E-state index contributed by atoms with van der Waals surface area (Å²) in [5.41, 5.74) is 1.49. The largest absolute Gasteiger partial charge is 0.345 e. The van der Waals surface area contributed by atoms with E-state index in [1.807, 2.05) is 0 Å². The molecule has 0 saturated heterocycles. The Morgan fingerprint density at radius 1 is 1.30 bits per heavy atom. The van der Waals surface area contributed by atoms with Crippen molar-refractivity contribution in [3.63, 3.8) is 0 Å². The third-order valence-electron chi connectivity index (χ3n) is 3.26. The molecule has 1 heterocycles. The molecule has 6 nitrogen and oxygen atoms in total. The molecule has 0 saturated carbocycles. The Morgan fingerprint density at radius 2 is 2.04 bits per heavy atom. The average Bonchev–Trinajstić information content (AvgIpc) is 2.76. The van der Waals surface area contributed by atoms with Crippen LogP contribution in [0.3, 0.4) is 0 Å². The second-order valence-corrected chi connectivity index (χ2v) is 5.46. The first-order chi connectivity index (χ1) is 10.8. The molecule has 0 aliphatic carbocycles. The highest BCUT2D eigenvalue weighted by atomic mass is 19.1. The topological polar surface area (TPSA) is 76.0 Å². The molecule has 122 valence electrons. The smallest absolute Gasteiger partial charge is 0.314 e. The summed E-state index contributed by atoms with van der Waals surface area (Å²) in [5.74, 6) is -1.39. The first kappa shape index (κ1) is 16.7. The fourth-order valence-corrected chi connectivity index (χ4v) is 2.26. The molecule has 23 heavy (non-hydrogen) atoms. The third kappa shape index (κ3) is 4.64. The van der Waals surface area contributed by atoms with Gasteiger partial charge >= 0.3 is 11.8 Å². The van der Waals surface area contributed by atoms with Gasteiger partial charge in [0.2, 0.25) is 0 Å². The molecule has 1 aromatic heterocycles. The maximum absolute atomic E-state index is 13.1. The SMILES string of the molecule is Cc1cc(NC(=O)C(=O)N[C@@H](C)Cc2cccc(F)c2)n(C)n1. The van der Waals surface area contributed by atoms with Gasteiger partial charge in [0.25, 0.3) is 0 Å². The highest BCUT2D eigenvalue weighted by molar-refractivity contribution is 6.39. The van der Waals surface area contributed by atoms with E-state index in [4.69, 9.17) is 0 Å². The van der Waals surface area contributed by atoms with Crippen LogP contribution >= 0.6 is 0 Å². The van der Waals surface area contributed by atoms with E-state index in [9.17, 15) is 14.0 Å². The predicted molar refractivity (Wildman–Crippen MR) is 84.3 cm³/mol. The zero-order chi connectivity index (χ0) is 17.0. The Morgan fingerprint density at radius 3 is 2.65 bits per heavy atom. The number of nitrogens with one attached hydrogen (secondary N) is 2. The maximum Gasteiger partial charge on any atom is 0.314 e. The van der Waals surface area contributed by atoms with Crippen LogP contribution in [0, 0.1) is 12.7 Å². The Labute approximate surface area is 133 Å². The molecule has 0 aliphatic rings. The van der Waals surface area contributed by atoms with Crippen molar-refractivity contribution < 1.29 is 14.0 Å². The van der Waals surface area contributed by atoms with Crippen LogP contribution in [-0.2, 0) is 23.1 Å². The lowest BCUT2D eigenvalue weighted by Gasteiger charge is -2.14. The molecule has 2 aromatic rings. The molecule has 7 heteroatoms. The fraction of sp³-hybridized carbons (Fsp3) is 0.312. The number of hydrogen-bond acceptors (Lipinski definition) is 3. The van der Waals surface area contributed by atoms with Crippen molar-refractivity contribution in [2.24, 2.45) is 7.05 Å². The summed E-state index contributed by atoms with van der Waals surface area (Å²) >= 11 is 0. The molecule has 0 fully saturated rings. The first-order valence-electron chi connectivity index (χ1n) is 7.22. The van der Waals surface area contributed by atoms with Crippen LogP contribution in [0.25, 0.3) is 0 Å². The van der Waals surface area contributed by atoms with Crippen molar-refractivity contribution in [3.05, 3.63) is 47.4 Å². The van der Waals surface area contributed by atoms with E-state index in [1.165, 1.54) is 16.8 Å². The van der Waals surface area contributed by atoms with Gasteiger partial charge in [-0.25, -0.2) is 4.39 Å². The third-order valence-corrected chi connectivity index (χ3v) is 3.26. The molecule has 0 radical (unpaired) electrons. The Bertz CT molecular complexity index is 727. The first-order valence-corrected chi connectivity index (χ1v) is 7.22. The Kier molecular flexibility index (Phi) is 5.10. The molecule has 0 bridgehead atoms. The lowest BCUT2D eigenvalue weighted by molar-refractivity contribution is -0.136. The van der Waals surface area contributed by atoms with Crippen LogP contribution in [0.4, 0.5) is 10.2 Å². The van der Waals surface area contributed by atoms with E-state index in [1.54, 1.807) is 39.1 Å². The number of aryl methyl sites for hydroxylation is 2. The molecule has 1 aromatic carbocycles. The lowest BCUT2D eigenvalue weighted by Crippen LogP contribution is -2.41. The number of anilines is 1. The van der Waals surface area contributed by atoms with Crippen LogP contribution in [-0.4, -0.2) is 27.6 Å². The summed E-state index contributed by atoms with van der Waals surface area (Å²) in [6.07, 6.45) is 0.432. The van der Waals surface area contributed by atoms with Crippen molar-refractivity contribution in [2.75, 3.05) is 5.32 Å². The Balaban J connectivity index is 1.90. The number of hydrogen-bond donors (Lipinski definition) is 2. The van der Waals surface area contributed by atoms with Gasteiger partial charge in [0.1, 0.15) is 11.6 Å². The van der Waals surface area contributed by atoms with Gasteiger partial charge in [-0.15, -0.1) is 0 Å². The van der Waals surface area contributed by atoms with Crippen molar-refractivity contribution in [3.8, 4) is 0 Å². The second-order valence-electron chi connectivity index (χ2n) is 5.46. The van der Waals surface area contributed by atoms with Gasteiger partial charge in [0, 0.05) is 19.2 Å². The molecular formula is C16H19FN4O2. The number of nitrogens with zero attached hydrogens (tertiary/aromatic N) is 2. The highest BCUT2D eigenvalue weighted by Gasteiger charge is 2.18. The molecule has 1 atom stereocenters. The quantitative estimate of drug-likeness (QED) is 0.840. The van der Waals surface area contributed by atoms with E-state index in [0.29, 0.717) is 12.2 Å². The van der Waals surface area contributed by atoms with E-state index in [-0.39, 0.29) is 11.9 Å². The minimum absolute atomic E-state index is 0.302. The monoisotopic (exact) mass is 318 g/mol. The van der Waals surface area contributed by atoms with Crippen LogP contribution in [0.15, 0.2) is 30.3 Å². The number of halogens is 1. The summed E-state index contributed by atoms with van der Waals surface area (Å²) in [7, 11) is 1.67. The number of amides is 2. The predicted octanol–water partition coefficient (Wildman–Crippen LogP) is 1.55. The number of carbonyl (C=O) groups is 2. The molecule has 0 aliphatic heterocycles. The zero-order valence-corrected chi connectivity index (χ0v) is 13.3. The molecule has 0 spiro atoms. The number of benzene rings is 1. The summed E-state index contributed by atoms with van der Waals surface area (Å²) in [4.78, 5) is 23.8. The van der Waals surface area contributed by atoms with Crippen LogP contribution in [0.1, 0.15) is 18.2 Å². The molecule has 0 unspecified atom stereocenters. The molecular weight excluding hydrogens is 299 g/mol. The summed E-state index contributed by atoms with van der Waals surface area (Å²) in [5, 5.41) is 9.17. The number of carbonyl (C=O) groups excluding carboxylic acids is 2. The lowest BCUT2D eigenvalue weighted by atomic mass is 10.1. The maximum atomic E-state index is 13.1. The Hall–Kier alpha value is -2.70. The van der Waals surface area contributed by atoms with Gasteiger partial charge < -0.3 is 10.6 Å². The minimum atomic E-state index is -0.765. The summed E-state index contributed by atoms with van der Waals surface area (Å²) < 4.78 is 14.6. The molecule has 2 N–H and O–H groups in total. The van der Waals surface area contributed by atoms with Gasteiger partial charge in [0.05, 0.1) is 5.69 Å². The van der Waals surface area contributed by atoms with Gasteiger partial charge in [-0.1, -0.05) is 12.1 Å². The minimum Gasteiger partial charge on any atom is -0.345 e. The molecule has 2 rings (SSSR count). The fourth-order valence-electron chi connectivity index (χ4n) is 2.26. The zero-order valence-electron chi connectivity index (χ0n) is 13.3. The summed E-state index contributed by atoms with van der Waals surface area (Å²) in [6, 6.07) is 7.50. The van der Waals surface area contributed by atoms with Gasteiger partial charge in [-0.2, -0.15) is 5.10 Å². The van der Waals surface area contributed by atoms with Gasteiger partial charge in [0.15, 0.2) is 0 Å². The second kappa shape index (κ2) is 7.04. The van der Waals surface area contributed by atoms with Crippen molar-refractivity contribution in [2.45, 2.75) is 26.3 Å². The van der Waals surface area contributed by atoms with Crippen molar-refractivity contribution in [1.29, 1.82) is 0 Å². The van der Waals surface area contributed by atoms with Crippen molar-refractivity contribution in [1.82, 2.24) is 15.1 Å². The highest BCUT2D eigenvalue weighted by Crippen LogP contribution is 2.08. The van der Waals surface area contributed by atoms with Crippen LogP contribution in [0.5, 0.6) is 0 Å². The average molecular weight is 318 g/mol. The summed E-state index contributed by atoms with van der Waals surface area (Å²) in [6.45, 7) is 3.54. The van der Waals surface area contributed by atoms with Gasteiger partial charge in [-0.05, 0) is 38.0 Å². The molecule has 2 amide bonds. The van der Waals surface area contributed by atoms with Crippen molar-refractivity contribution >= 4 is 17.6 Å². The standard InChI is InChI=1S/C16H19FN4O2/c1-10(7-12-5-4-6-13(17)9-12)18-15(22)16(23)19-14-8-11(2)20-21(14)3/h4-6,8-10H,7H2,1-3H3,(H,18,22)(H,19,23)/t10-/m0/s1. The van der Waals surface area contributed by atoms with E-state index in [0.717, 1.165) is 11.3 Å². The normalized spacial score (nSPS) is 11.8.